The van der Waals surface area contributed by atoms with E-state index in [1.54, 1.807) is 0 Å². The molecule has 6 nitrogen and oxygen atoms in total. The molecule has 2 unspecified atom stereocenters. The predicted molar refractivity (Wildman–Crippen MR) is 125 cm³/mol. The van der Waals surface area contributed by atoms with E-state index in [-0.39, 0.29) is 22.9 Å². The number of aromatic nitrogens is 1. The Labute approximate surface area is 190 Å². The molecule has 0 amide bonds. The average molecular weight is 451 g/mol. The number of aromatic carboxylic acids is 1. The zero-order chi connectivity index (χ0) is 23.3. The van der Waals surface area contributed by atoms with E-state index in [1.807, 2.05) is 46.7 Å². The highest BCUT2D eigenvalue weighted by molar-refractivity contribution is 5.95. The fourth-order valence-electron chi connectivity index (χ4n) is 5.47. The van der Waals surface area contributed by atoms with Crippen LogP contribution in [-0.4, -0.2) is 39.9 Å². The number of anilines is 1. The Hall–Kier alpha value is -3.19. The molecule has 0 bridgehead atoms. The molecule has 3 atom stereocenters. The fraction of sp³-hybridized carbons (Fsp3) is 0.385. The zero-order valence-electron chi connectivity index (χ0n) is 18.5. The van der Waals surface area contributed by atoms with Crippen molar-refractivity contribution < 1.29 is 19.4 Å². The summed E-state index contributed by atoms with van der Waals surface area (Å²) in [7, 11) is 0. The Morgan fingerprint density at radius 2 is 1.97 bits per heavy atom. The van der Waals surface area contributed by atoms with Gasteiger partial charge in [0.15, 0.2) is 0 Å². The Balaban J connectivity index is 1.60. The van der Waals surface area contributed by atoms with Gasteiger partial charge in [0, 0.05) is 42.2 Å². The summed E-state index contributed by atoms with van der Waals surface area (Å²) in [5, 5.41) is 20.3. The van der Waals surface area contributed by atoms with E-state index in [2.05, 4.69) is 0 Å². The molecule has 1 saturated heterocycles. The lowest BCUT2D eigenvalue weighted by Crippen LogP contribution is -2.45. The van der Waals surface area contributed by atoms with Crippen molar-refractivity contribution in [3.8, 4) is 0 Å². The summed E-state index contributed by atoms with van der Waals surface area (Å²) >= 11 is 0. The molecule has 1 fully saturated rings. The molecule has 3 aromatic rings. The number of aliphatic hydroxyl groups excluding tert-OH is 1. The highest BCUT2D eigenvalue weighted by Gasteiger charge is 2.33. The molecule has 172 valence electrons. The third-order valence-corrected chi connectivity index (χ3v) is 7.21. The van der Waals surface area contributed by atoms with Crippen molar-refractivity contribution in [3.63, 3.8) is 0 Å². The number of nitrogens with zero attached hydrogens (tertiary/aromatic N) is 2. The van der Waals surface area contributed by atoms with Gasteiger partial charge in [0.1, 0.15) is 11.4 Å². The molecule has 3 heterocycles. The number of aryl methyl sites for hydroxylation is 1. The fourth-order valence-corrected chi connectivity index (χ4v) is 5.47. The minimum Gasteiger partial charge on any atom is -0.477 e. The molecular weight excluding hydrogens is 423 g/mol. The first-order valence-corrected chi connectivity index (χ1v) is 11.5. The van der Waals surface area contributed by atoms with Gasteiger partial charge in [0.05, 0.1) is 17.3 Å². The Bertz CT molecular complexity index is 1290. The number of hydrogen-bond donors (Lipinski definition) is 2. The number of benzene rings is 2. The lowest BCUT2D eigenvalue weighted by Gasteiger charge is -2.40. The number of piperidine rings is 1. The molecule has 5 rings (SSSR count). The van der Waals surface area contributed by atoms with Gasteiger partial charge in [0.2, 0.25) is 5.43 Å². The second kappa shape index (κ2) is 8.30. The van der Waals surface area contributed by atoms with Crippen molar-refractivity contribution in [2.75, 3.05) is 18.0 Å². The van der Waals surface area contributed by atoms with Gasteiger partial charge in [-0.3, -0.25) is 4.79 Å². The van der Waals surface area contributed by atoms with E-state index < -0.39 is 23.3 Å². The maximum atomic E-state index is 15.6. The molecule has 0 spiro atoms. The van der Waals surface area contributed by atoms with Crippen LogP contribution in [0.2, 0.25) is 0 Å². The van der Waals surface area contributed by atoms with Crippen molar-refractivity contribution in [1.29, 1.82) is 0 Å². The second-order valence-corrected chi connectivity index (χ2v) is 9.31. The molecule has 7 heteroatoms. The van der Waals surface area contributed by atoms with Gasteiger partial charge in [-0.15, -0.1) is 0 Å². The number of rotatable bonds is 4. The quantitative estimate of drug-likeness (QED) is 0.632. The first-order chi connectivity index (χ1) is 15.8. The van der Waals surface area contributed by atoms with E-state index in [0.717, 1.165) is 17.5 Å². The van der Waals surface area contributed by atoms with Gasteiger partial charge in [-0.2, -0.15) is 0 Å². The first kappa shape index (κ1) is 21.6. The Kier molecular flexibility index (Phi) is 5.44. The smallest absolute Gasteiger partial charge is 0.341 e. The van der Waals surface area contributed by atoms with Gasteiger partial charge < -0.3 is 19.7 Å². The van der Waals surface area contributed by atoms with Gasteiger partial charge >= 0.3 is 5.97 Å². The lowest BCUT2D eigenvalue weighted by atomic mass is 9.87. The Morgan fingerprint density at radius 3 is 2.70 bits per heavy atom. The van der Waals surface area contributed by atoms with Crippen LogP contribution in [0.25, 0.3) is 10.9 Å². The van der Waals surface area contributed by atoms with Gasteiger partial charge in [-0.05, 0) is 44.2 Å². The van der Waals surface area contributed by atoms with Crippen LogP contribution in [-0.2, 0) is 12.8 Å². The Morgan fingerprint density at radius 1 is 1.21 bits per heavy atom. The predicted octanol–water partition coefficient (Wildman–Crippen LogP) is 3.78. The summed E-state index contributed by atoms with van der Waals surface area (Å²) < 4.78 is 17.4. The zero-order valence-corrected chi connectivity index (χ0v) is 18.5. The van der Waals surface area contributed by atoms with Crippen molar-refractivity contribution in [1.82, 2.24) is 4.57 Å². The van der Waals surface area contributed by atoms with E-state index >= 15 is 4.39 Å². The van der Waals surface area contributed by atoms with Crippen LogP contribution in [0.15, 0.2) is 47.4 Å². The highest BCUT2D eigenvalue weighted by Crippen LogP contribution is 2.39. The second-order valence-electron chi connectivity index (χ2n) is 9.31. The third kappa shape index (κ3) is 3.70. The molecule has 33 heavy (non-hydrogen) atoms. The van der Waals surface area contributed by atoms with Crippen LogP contribution in [0.5, 0.6) is 0 Å². The van der Waals surface area contributed by atoms with Gasteiger partial charge in [-0.1, -0.05) is 30.3 Å². The maximum absolute atomic E-state index is 15.6. The summed E-state index contributed by atoms with van der Waals surface area (Å²) in [5.74, 6) is -1.85. The number of carbonyl (C=O) groups is 1. The SMILES string of the molecule is CC1CCc2c(N3CC[C@H](O)C(Cc4ccccc4)C3)c(F)cc3c(=O)c(C(=O)O)cn1c23. The minimum absolute atomic E-state index is 0.00557. The number of hydrogen-bond acceptors (Lipinski definition) is 4. The van der Waals surface area contributed by atoms with Crippen LogP contribution in [0, 0.1) is 11.7 Å². The first-order valence-electron chi connectivity index (χ1n) is 11.5. The summed E-state index contributed by atoms with van der Waals surface area (Å²) in [6, 6.07) is 11.2. The third-order valence-electron chi connectivity index (χ3n) is 7.21. The van der Waals surface area contributed by atoms with Crippen molar-refractivity contribution >= 4 is 22.6 Å². The standard InChI is InChI=1S/C26H27FN2O4/c1-15-7-8-18-23-19(25(31)20(26(32)33)14-29(15)23)12-21(27)24(18)28-10-9-22(30)17(13-28)11-16-5-3-2-4-6-16/h2-6,12,14-15,17,22,30H,7-11,13H2,1H3,(H,32,33)/t15?,17?,22-/m0/s1. The molecule has 0 radical (unpaired) electrons. The summed E-state index contributed by atoms with van der Waals surface area (Å²) in [4.78, 5) is 26.5. The molecule has 2 aliphatic rings. The monoisotopic (exact) mass is 450 g/mol. The van der Waals surface area contributed by atoms with E-state index in [9.17, 15) is 19.8 Å². The van der Waals surface area contributed by atoms with Crippen molar-refractivity contribution in [3.05, 3.63) is 75.3 Å². The average Bonchev–Trinajstić information content (AvgIpc) is 2.79. The molecule has 2 N–H and O–H groups in total. The van der Waals surface area contributed by atoms with E-state index in [1.165, 1.54) is 12.3 Å². The van der Waals surface area contributed by atoms with Crippen molar-refractivity contribution in [2.45, 2.75) is 44.8 Å². The number of halogens is 1. The van der Waals surface area contributed by atoms with E-state index in [4.69, 9.17) is 0 Å². The lowest BCUT2D eigenvalue weighted by molar-refractivity contribution is 0.0694. The number of carboxylic acid groups (broad SMARTS) is 1. The van der Waals surface area contributed by atoms with Crippen LogP contribution in [0.4, 0.5) is 10.1 Å². The molecular formula is C26H27FN2O4. The largest absolute Gasteiger partial charge is 0.477 e. The minimum atomic E-state index is -1.30. The molecule has 0 saturated carbocycles. The van der Waals surface area contributed by atoms with Gasteiger partial charge in [0.25, 0.3) is 0 Å². The highest BCUT2D eigenvalue weighted by atomic mass is 19.1. The topological polar surface area (TPSA) is 82.8 Å². The van der Waals surface area contributed by atoms with Gasteiger partial charge in [-0.25, -0.2) is 9.18 Å². The van der Waals surface area contributed by atoms with Crippen LogP contribution in [0.3, 0.4) is 0 Å². The van der Waals surface area contributed by atoms with Crippen LogP contribution < -0.4 is 10.3 Å². The summed E-state index contributed by atoms with van der Waals surface area (Å²) in [5.41, 5.74) is 2.02. The normalized spacial score (nSPS) is 22.5. The maximum Gasteiger partial charge on any atom is 0.341 e. The molecule has 2 aromatic carbocycles. The number of pyridine rings is 1. The number of carboxylic acids is 1. The van der Waals surface area contributed by atoms with Crippen molar-refractivity contribution in [2.24, 2.45) is 5.92 Å². The van der Waals surface area contributed by atoms with Crippen LogP contribution >= 0.6 is 0 Å². The summed E-state index contributed by atoms with van der Waals surface area (Å²) in [6.07, 6.45) is 3.52. The molecule has 1 aromatic heterocycles. The van der Waals surface area contributed by atoms with Crippen LogP contribution in [0.1, 0.15) is 47.3 Å². The molecule has 0 aliphatic carbocycles. The van der Waals surface area contributed by atoms with E-state index in [0.29, 0.717) is 43.6 Å². The summed E-state index contributed by atoms with van der Waals surface area (Å²) in [6.45, 7) is 3.02. The molecule has 2 aliphatic heterocycles. The number of aliphatic hydroxyl groups is 1.